The topological polar surface area (TPSA) is 51.3 Å². The zero-order chi connectivity index (χ0) is 20.1. The number of likely N-dealkylation sites (tertiary alicyclic amines) is 1. The van der Waals surface area contributed by atoms with E-state index in [9.17, 15) is 4.79 Å². The van der Waals surface area contributed by atoms with Crippen molar-refractivity contribution in [1.29, 1.82) is 0 Å². The number of nitrogens with zero attached hydrogens (tertiary/aromatic N) is 3. The Hall–Kier alpha value is -2.56. The van der Waals surface area contributed by atoms with Crippen molar-refractivity contribution >= 4 is 16.9 Å². The fourth-order valence-corrected chi connectivity index (χ4v) is 4.41. The van der Waals surface area contributed by atoms with Crippen LogP contribution in [0, 0.1) is 5.92 Å². The van der Waals surface area contributed by atoms with Crippen LogP contribution in [0.3, 0.4) is 0 Å². The first-order valence-corrected chi connectivity index (χ1v) is 11.0. The molecule has 4 rings (SSSR count). The van der Waals surface area contributed by atoms with Gasteiger partial charge in [-0.2, -0.15) is 0 Å². The number of furan rings is 1. The van der Waals surface area contributed by atoms with Gasteiger partial charge < -0.3 is 13.9 Å². The average Bonchev–Trinajstić information content (AvgIpc) is 3.39. The molecule has 0 N–H and O–H groups in total. The molecule has 1 aromatic carbocycles. The van der Waals surface area contributed by atoms with Gasteiger partial charge in [-0.3, -0.25) is 4.79 Å². The Morgan fingerprint density at radius 1 is 1.21 bits per heavy atom. The van der Waals surface area contributed by atoms with Gasteiger partial charge >= 0.3 is 0 Å². The van der Waals surface area contributed by atoms with E-state index in [1.54, 1.807) is 0 Å². The van der Waals surface area contributed by atoms with Gasteiger partial charge in [0.05, 0.1) is 11.9 Å². The fraction of sp³-hybridized carbons (Fsp3) is 0.500. The van der Waals surface area contributed by atoms with E-state index in [0.29, 0.717) is 5.92 Å². The molecular formula is C24H31N3O2. The highest BCUT2D eigenvalue weighted by molar-refractivity contribution is 6.07. The number of carbonyl (C=O) groups is 1. The Balaban J connectivity index is 1.38. The number of aryl methyl sites for hydroxylation is 2. The summed E-state index contributed by atoms with van der Waals surface area (Å²) in [7, 11) is 0. The lowest BCUT2D eigenvalue weighted by Gasteiger charge is -2.32. The van der Waals surface area contributed by atoms with Crippen LogP contribution in [0.1, 0.15) is 61.6 Å². The second kappa shape index (κ2) is 9.29. The van der Waals surface area contributed by atoms with Gasteiger partial charge in [0.2, 0.25) is 0 Å². The molecule has 0 aliphatic carbocycles. The Morgan fingerprint density at radius 3 is 2.79 bits per heavy atom. The zero-order valence-corrected chi connectivity index (χ0v) is 17.3. The Bertz CT molecular complexity index is 921. The van der Waals surface area contributed by atoms with Crippen LogP contribution in [0.5, 0.6) is 0 Å². The zero-order valence-electron chi connectivity index (χ0n) is 17.3. The molecule has 1 fully saturated rings. The molecule has 3 aromatic rings. The van der Waals surface area contributed by atoms with Crippen LogP contribution in [-0.2, 0) is 13.0 Å². The lowest BCUT2D eigenvalue weighted by molar-refractivity contribution is 0.0685. The standard InChI is InChI=1S/C24H31N3O2/c1-2-3-9-22-23(20-8-4-5-10-21(20)29-22)24(28)27-15-11-19(12-16-27)7-6-14-26-17-13-25-18-26/h4-5,8,10,13,17-19H,2-3,6-7,9,11-12,14-16H2,1H3. The highest BCUT2D eigenvalue weighted by atomic mass is 16.3. The summed E-state index contributed by atoms with van der Waals surface area (Å²) in [6.45, 7) is 4.89. The molecule has 5 heteroatoms. The third-order valence-electron chi connectivity index (χ3n) is 6.13. The maximum atomic E-state index is 13.4. The normalized spacial score (nSPS) is 15.3. The first kappa shape index (κ1) is 19.7. The number of hydrogen-bond acceptors (Lipinski definition) is 3. The number of amides is 1. The van der Waals surface area contributed by atoms with E-state index in [1.165, 1.54) is 12.8 Å². The van der Waals surface area contributed by atoms with Crippen molar-refractivity contribution in [3.63, 3.8) is 0 Å². The second-order valence-corrected chi connectivity index (χ2v) is 8.18. The van der Waals surface area contributed by atoms with Crippen molar-refractivity contribution in [1.82, 2.24) is 14.5 Å². The molecule has 0 atom stereocenters. The summed E-state index contributed by atoms with van der Waals surface area (Å²) >= 11 is 0. The Morgan fingerprint density at radius 2 is 2.03 bits per heavy atom. The fourth-order valence-electron chi connectivity index (χ4n) is 4.41. The van der Waals surface area contributed by atoms with Crippen LogP contribution >= 0.6 is 0 Å². The summed E-state index contributed by atoms with van der Waals surface area (Å²) in [5.74, 6) is 1.72. The highest BCUT2D eigenvalue weighted by Gasteiger charge is 2.28. The summed E-state index contributed by atoms with van der Waals surface area (Å²) < 4.78 is 8.21. The molecule has 3 heterocycles. The van der Waals surface area contributed by atoms with Gasteiger partial charge in [-0.05, 0) is 44.1 Å². The van der Waals surface area contributed by atoms with Crippen molar-refractivity contribution in [3.05, 3.63) is 54.3 Å². The first-order valence-electron chi connectivity index (χ1n) is 11.0. The van der Waals surface area contributed by atoms with Crippen LogP contribution in [-0.4, -0.2) is 33.4 Å². The maximum absolute atomic E-state index is 13.4. The molecule has 0 saturated carbocycles. The lowest BCUT2D eigenvalue weighted by Crippen LogP contribution is -2.38. The van der Waals surface area contributed by atoms with Gasteiger partial charge in [-0.1, -0.05) is 31.5 Å². The largest absolute Gasteiger partial charge is 0.460 e. The van der Waals surface area contributed by atoms with Crippen LogP contribution in [0.2, 0.25) is 0 Å². The van der Waals surface area contributed by atoms with Gasteiger partial charge in [0.25, 0.3) is 5.91 Å². The molecule has 2 aromatic heterocycles. The predicted octanol–water partition coefficient (Wildman–Crippen LogP) is 5.30. The third kappa shape index (κ3) is 4.55. The number of hydrogen-bond donors (Lipinski definition) is 0. The quantitative estimate of drug-likeness (QED) is 0.521. The molecule has 154 valence electrons. The number of piperidine rings is 1. The second-order valence-electron chi connectivity index (χ2n) is 8.18. The maximum Gasteiger partial charge on any atom is 0.258 e. The first-order chi connectivity index (χ1) is 14.3. The minimum atomic E-state index is 0.151. The number of unbranched alkanes of at least 4 members (excludes halogenated alkanes) is 1. The molecule has 1 saturated heterocycles. The van der Waals surface area contributed by atoms with E-state index in [0.717, 1.165) is 74.0 Å². The number of carbonyl (C=O) groups excluding carboxylic acids is 1. The monoisotopic (exact) mass is 393 g/mol. The summed E-state index contributed by atoms with van der Waals surface area (Å²) in [6.07, 6.45) is 13.3. The van der Waals surface area contributed by atoms with Crippen molar-refractivity contribution in [2.75, 3.05) is 13.1 Å². The average molecular weight is 394 g/mol. The van der Waals surface area contributed by atoms with Gasteiger partial charge in [-0.25, -0.2) is 4.98 Å². The molecule has 0 spiro atoms. The minimum absolute atomic E-state index is 0.151. The van der Waals surface area contributed by atoms with E-state index < -0.39 is 0 Å². The molecule has 1 aliphatic heterocycles. The molecule has 5 nitrogen and oxygen atoms in total. The van der Waals surface area contributed by atoms with Gasteiger partial charge in [0.1, 0.15) is 11.3 Å². The molecule has 0 unspecified atom stereocenters. The van der Waals surface area contributed by atoms with Gasteiger partial charge in [0, 0.05) is 43.8 Å². The molecule has 1 aliphatic rings. The van der Waals surface area contributed by atoms with Crippen LogP contribution in [0.15, 0.2) is 47.4 Å². The molecule has 29 heavy (non-hydrogen) atoms. The van der Waals surface area contributed by atoms with Crippen molar-refractivity contribution in [2.45, 2.75) is 58.4 Å². The van der Waals surface area contributed by atoms with E-state index in [1.807, 2.05) is 47.9 Å². The molecule has 0 radical (unpaired) electrons. The number of fused-ring (bicyclic) bond motifs is 1. The van der Waals surface area contributed by atoms with E-state index in [-0.39, 0.29) is 5.91 Å². The highest BCUT2D eigenvalue weighted by Crippen LogP contribution is 2.30. The number of benzene rings is 1. The number of rotatable bonds is 8. The van der Waals surface area contributed by atoms with E-state index in [4.69, 9.17) is 4.42 Å². The summed E-state index contributed by atoms with van der Waals surface area (Å²) in [5, 5.41) is 0.964. The Labute approximate surface area is 172 Å². The predicted molar refractivity (Wildman–Crippen MR) is 115 cm³/mol. The summed E-state index contributed by atoms with van der Waals surface area (Å²) in [4.78, 5) is 19.5. The number of imidazole rings is 1. The molecule has 0 bridgehead atoms. The van der Waals surface area contributed by atoms with Crippen LogP contribution in [0.25, 0.3) is 11.0 Å². The lowest BCUT2D eigenvalue weighted by atomic mass is 9.91. The van der Waals surface area contributed by atoms with Crippen molar-refractivity contribution in [3.8, 4) is 0 Å². The summed E-state index contributed by atoms with van der Waals surface area (Å²) in [5.41, 5.74) is 1.63. The van der Waals surface area contributed by atoms with Crippen LogP contribution < -0.4 is 0 Å². The molecule has 1 amide bonds. The van der Waals surface area contributed by atoms with E-state index >= 15 is 0 Å². The number of aromatic nitrogens is 2. The van der Waals surface area contributed by atoms with Crippen LogP contribution in [0.4, 0.5) is 0 Å². The minimum Gasteiger partial charge on any atom is -0.460 e. The van der Waals surface area contributed by atoms with Gasteiger partial charge in [-0.15, -0.1) is 0 Å². The summed E-state index contributed by atoms with van der Waals surface area (Å²) in [6, 6.07) is 7.95. The SMILES string of the molecule is CCCCc1oc2ccccc2c1C(=O)N1CCC(CCCn2ccnc2)CC1. The smallest absolute Gasteiger partial charge is 0.258 e. The third-order valence-corrected chi connectivity index (χ3v) is 6.13. The van der Waals surface area contributed by atoms with Crippen molar-refractivity contribution < 1.29 is 9.21 Å². The van der Waals surface area contributed by atoms with E-state index in [2.05, 4.69) is 16.5 Å². The molecular weight excluding hydrogens is 362 g/mol. The van der Waals surface area contributed by atoms with Crippen molar-refractivity contribution in [2.24, 2.45) is 5.92 Å². The van der Waals surface area contributed by atoms with Gasteiger partial charge in [0.15, 0.2) is 0 Å². The Kier molecular flexibility index (Phi) is 6.33. The number of para-hydroxylation sites is 1.